The summed E-state index contributed by atoms with van der Waals surface area (Å²) in [5, 5.41) is 10.7. The Kier molecular flexibility index (Phi) is 6.84. The zero-order chi connectivity index (χ0) is 19.1. The molecule has 138 valence electrons. The van der Waals surface area contributed by atoms with Crippen LogP contribution >= 0.6 is 0 Å². The molecule has 0 fully saturated rings. The van der Waals surface area contributed by atoms with E-state index in [4.69, 9.17) is 10.5 Å². The quantitative estimate of drug-likeness (QED) is 0.407. The molecule has 0 heterocycles. The zero-order valence-electron chi connectivity index (χ0n) is 15.7. The molecule has 2 aromatic carbocycles. The molecule has 0 bridgehead atoms. The number of aryl methyl sites for hydroxylation is 2. The number of phenols is 1. The van der Waals surface area contributed by atoms with Crippen molar-refractivity contribution < 1.29 is 14.6 Å². The second kappa shape index (κ2) is 9.09. The van der Waals surface area contributed by atoms with Gasteiger partial charge in [0.25, 0.3) is 0 Å². The van der Waals surface area contributed by atoms with Crippen LogP contribution < -0.4 is 10.5 Å². The van der Waals surface area contributed by atoms with Crippen molar-refractivity contribution in [3.8, 4) is 11.5 Å². The number of benzene rings is 2. The first kappa shape index (κ1) is 19.6. The van der Waals surface area contributed by atoms with Gasteiger partial charge in [-0.1, -0.05) is 26.7 Å². The highest BCUT2D eigenvalue weighted by atomic mass is 16.5. The number of aromatic hydroxyl groups is 1. The van der Waals surface area contributed by atoms with Crippen LogP contribution in [0.2, 0.25) is 0 Å². The summed E-state index contributed by atoms with van der Waals surface area (Å²) < 4.78 is 5.56. The molecule has 26 heavy (non-hydrogen) atoms. The molecule has 0 amide bonds. The Labute approximate surface area is 155 Å². The average molecular weight is 353 g/mol. The number of allylic oxidation sites excluding steroid dienone is 1. The van der Waals surface area contributed by atoms with Crippen LogP contribution in [0.25, 0.3) is 6.08 Å². The normalized spacial score (nSPS) is 11.0. The van der Waals surface area contributed by atoms with Crippen LogP contribution in [-0.2, 0) is 12.8 Å². The highest BCUT2D eigenvalue weighted by Gasteiger charge is 2.16. The number of carbonyl (C=O) groups excluding carboxylic acids is 1. The number of ketones is 1. The Morgan fingerprint density at radius 3 is 2.31 bits per heavy atom. The first-order valence-corrected chi connectivity index (χ1v) is 9.01. The fourth-order valence-corrected chi connectivity index (χ4v) is 3.01. The molecule has 0 spiro atoms. The summed E-state index contributed by atoms with van der Waals surface area (Å²) in [7, 11) is 1.59. The Morgan fingerprint density at radius 2 is 1.73 bits per heavy atom. The Balaban J connectivity index is 2.45. The third kappa shape index (κ3) is 4.45. The summed E-state index contributed by atoms with van der Waals surface area (Å²) in [4.78, 5) is 12.4. The predicted octanol–water partition coefficient (Wildman–Crippen LogP) is 4.78. The molecule has 0 saturated carbocycles. The van der Waals surface area contributed by atoms with E-state index < -0.39 is 0 Å². The lowest BCUT2D eigenvalue weighted by atomic mass is 9.96. The lowest BCUT2D eigenvalue weighted by Crippen LogP contribution is -2.00. The number of anilines is 1. The fraction of sp³-hybridized carbons (Fsp3) is 0.318. The first-order chi connectivity index (χ1) is 12.5. The van der Waals surface area contributed by atoms with Crippen molar-refractivity contribution >= 4 is 17.5 Å². The van der Waals surface area contributed by atoms with E-state index in [1.54, 1.807) is 37.5 Å². The maximum absolute atomic E-state index is 12.4. The summed E-state index contributed by atoms with van der Waals surface area (Å²) in [6.45, 7) is 4.18. The molecule has 0 saturated heterocycles. The molecule has 4 heteroatoms. The van der Waals surface area contributed by atoms with Gasteiger partial charge < -0.3 is 15.6 Å². The third-order valence-electron chi connectivity index (χ3n) is 4.28. The van der Waals surface area contributed by atoms with Gasteiger partial charge in [0.05, 0.1) is 12.7 Å². The van der Waals surface area contributed by atoms with E-state index in [-0.39, 0.29) is 11.5 Å². The van der Waals surface area contributed by atoms with Gasteiger partial charge in [0.15, 0.2) is 5.78 Å². The third-order valence-corrected chi connectivity index (χ3v) is 4.28. The maximum atomic E-state index is 12.4. The van der Waals surface area contributed by atoms with Gasteiger partial charge in [-0.2, -0.15) is 0 Å². The summed E-state index contributed by atoms with van der Waals surface area (Å²) in [6, 6.07) is 8.78. The molecule has 2 rings (SSSR count). The summed E-state index contributed by atoms with van der Waals surface area (Å²) in [5.74, 6) is 0.667. The number of nitrogens with two attached hydrogens (primary N) is 1. The van der Waals surface area contributed by atoms with Gasteiger partial charge in [-0.05, 0) is 66.5 Å². The monoisotopic (exact) mass is 353 g/mol. The second-order valence-corrected chi connectivity index (χ2v) is 6.31. The molecule has 0 atom stereocenters. The van der Waals surface area contributed by atoms with Gasteiger partial charge in [-0.25, -0.2) is 0 Å². The van der Waals surface area contributed by atoms with E-state index >= 15 is 0 Å². The van der Waals surface area contributed by atoms with Crippen molar-refractivity contribution in [1.29, 1.82) is 0 Å². The van der Waals surface area contributed by atoms with Gasteiger partial charge >= 0.3 is 0 Å². The molecule has 2 aromatic rings. The molecular weight excluding hydrogens is 326 g/mol. The minimum atomic E-state index is -0.149. The Bertz CT molecular complexity index is 792. The number of hydrogen-bond acceptors (Lipinski definition) is 4. The SMILES string of the molecule is CCCc1cc(CCC)c(OC)c(/C=C/C(=O)c2ccc(N)cc2)c1O. The molecule has 0 aliphatic rings. The topological polar surface area (TPSA) is 72.5 Å². The lowest BCUT2D eigenvalue weighted by molar-refractivity contribution is 0.104. The van der Waals surface area contributed by atoms with Gasteiger partial charge in [0.2, 0.25) is 0 Å². The van der Waals surface area contributed by atoms with Crippen molar-refractivity contribution in [2.45, 2.75) is 39.5 Å². The maximum Gasteiger partial charge on any atom is 0.185 e. The largest absolute Gasteiger partial charge is 0.507 e. The number of phenolic OH excluding ortho intramolecular Hbond substituents is 1. The Morgan fingerprint density at radius 1 is 1.12 bits per heavy atom. The molecule has 0 radical (unpaired) electrons. The number of ether oxygens (including phenoxy) is 1. The van der Waals surface area contributed by atoms with Gasteiger partial charge in [-0.15, -0.1) is 0 Å². The van der Waals surface area contributed by atoms with Gasteiger partial charge in [-0.3, -0.25) is 4.79 Å². The number of rotatable bonds is 8. The number of carbonyl (C=O) groups is 1. The van der Waals surface area contributed by atoms with Crippen molar-refractivity contribution in [3.63, 3.8) is 0 Å². The minimum absolute atomic E-state index is 0.149. The first-order valence-electron chi connectivity index (χ1n) is 9.01. The van der Waals surface area contributed by atoms with Crippen molar-refractivity contribution in [3.05, 3.63) is 58.7 Å². The zero-order valence-corrected chi connectivity index (χ0v) is 15.7. The van der Waals surface area contributed by atoms with Crippen LogP contribution in [0.15, 0.2) is 36.4 Å². The summed E-state index contributed by atoms with van der Waals surface area (Å²) in [6.07, 6.45) is 6.64. The summed E-state index contributed by atoms with van der Waals surface area (Å²) in [5.41, 5.74) is 9.32. The number of methoxy groups -OCH3 is 1. The molecule has 3 N–H and O–H groups in total. The van der Waals surface area contributed by atoms with Crippen LogP contribution in [0.3, 0.4) is 0 Å². The molecule has 0 aliphatic heterocycles. The van der Waals surface area contributed by atoms with E-state index in [0.717, 1.165) is 36.8 Å². The van der Waals surface area contributed by atoms with Crippen molar-refractivity contribution in [2.24, 2.45) is 0 Å². The van der Waals surface area contributed by atoms with Crippen molar-refractivity contribution in [2.75, 3.05) is 12.8 Å². The van der Waals surface area contributed by atoms with Gasteiger partial charge in [0.1, 0.15) is 11.5 Å². The Hall–Kier alpha value is -2.75. The minimum Gasteiger partial charge on any atom is -0.507 e. The van der Waals surface area contributed by atoms with E-state index in [0.29, 0.717) is 22.6 Å². The number of hydrogen-bond donors (Lipinski definition) is 2. The lowest BCUT2D eigenvalue weighted by Gasteiger charge is -2.16. The highest BCUT2D eigenvalue weighted by Crippen LogP contribution is 2.37. The predicted molar refractivity (Wildman–Crippen MR) is 107 cm³/mol. The molecular formula is C22H27NO3. The highest BCUT2D eigenvalue weighted by molar-refractivity contribution is 6.07. The average Bonchev–Trinajstić information content (AvgIpc) is 2.63. The van der Waals surface area contributed by atoms with E-state index in [9.17, 15) is 9.90 Å². The number of nitrogen functional groups attached to an aromatic ring is 1. The van der Waals surface area contributed by atoms with Crippen LogP contribution in [-0.4, -0.2) is 18.0 Å². The molecule has 0 aliphatic carbocycles. The van der Waals surface area contributed by atoms with E-state index in [1.165, 1.54) is 6.08 Å². The van der Waals surface area contributed by atoms with Gasteiger partial charge in [0, 0.05) is 11.3 Å². The van der Waals surface area contributed by atoms with Crippen molar-refractivity contribution in [1.82, 2.24) is 0 Å². The molecule has 0 aromatic heterocycles. The van der Waals surface area contributed by atoms with E-state index in [2.05, 4.69) is 13.8 Å². The smallest absolute Gasteiger partial charge is 0.185 e. The van der Waals surface area contributed by atoms with Crippen LogP contribution in [0.4, 0.5) is 5.69 Å². The van der Waals surface area contributed by atoms with Crippen LogP contribution in [0.5, 0.6) is 11.5 Å². The van der Waals surface area contributed by atoms with E-state index in [1.807, 2.05) is 6.07 Å². The standard InChI is InChI=1S/C22H27NO3/c1-4-6-16-14-17(7-5-2)22(26-3)19(21(16)25)12-13-20(24)15-8-10-18(23)11-9-15/h8-14,25H,4-7,23H2,1-3H3/b13-12+. The fourth-order valence-electron chi connectivity index (χ4n) is 3.01. The summed E-state index contributed by atoms with van der Waals surface area (Å²) >= 11 is 0. The van der Waals surface area contributed by atoms with Crippen LogP contribution in [0.1, 0.15) is 53.7 Å². The molecule has 4 nitrogen and oxygen atoms in total. The second-order valence-electron chi connectivity index (χ2n) is 6.31. The van der Waals surface area contributed by atoms with Crippen LogP contribution in [0, 0.1) is 0 Å². The molecule has 0 unspecified atom stereocenters.